The topological polar surface area (TPSA) is 100 Å². The van der Waals surface area contributed by atoms with Gasteiger partial charge >= 0.3 is 0 Å². The summed E-state index contributed by atoms with van der Waals surface area (Å²) < 4.78 is 13.2. The zero-order chi connectivity index (χ0) is 15.3. The number of hydrogen-bond donors (Lipinski definition) is 2. The number of hydrogen-bond acceptors (Lipinski definition) is 4. The van der Waals surface area contributed by atoms with Gasteiger partial charge in [0.1, 0.15) is 11.5 Å². The lowest BCUT2D eigenvalue weighted by Crippen LogP contribution is -1.87. The molecule has 7 nitrogen and oxygen atoms in total. The normalized spacial score (nSPS) is 11.3. The summed E-state index contributed by atoms with van der Waals surface area (Å²) in [7, 11) is 0. The fourth-order valence-corrected chi connectivity index (χ4v) is 2.39. The molecule has 0 aliphatic rings. The first-order chi connectivity index (χ1) is 10.6. The molecule has 0 saturated carbocycles. The molecule has 0 atom stereocenters. The Balaban J connectivity index is 1.95. The standard InChI is InChI=1S/C14H8FN5O2/c15-7-1-3-11-12(5-7)17-14(16-11)13-9-6-8(20(21)22)2-4-10(9)18-19-13/h1-6H,(H,16,17)(H,18,19). The van der Waals surface area contributed by atoms with Crippen LogP contribution in [0.1, 0.15) is 0 Å². The van der Waals surface area contributed by atoms with Gasteiger partial charge in [-0.3, -0.25) is 15.2 Å². The molecular weight excluding hydrogens is 289 g/mol. The molecular formula is C14H8FN5O2. The van der Waals surface area contributed by atoms with Crippen molar-refractivity contribution >= 4 is 27.6 Å². The van der Waals surface area contributed by atoms with Gasteiger partial charge in [0.15, 0.2) is 5.82 Å². The number of halogens is 1. The lowest BCUT2D eigenvalue weighted by Gasteiger charge is -1.93. The van der Waals surface area contributed by atoms with Crippen molar-refractivity contribution in [3.8, 4) is 11.5 Å². The second-order valence-electron chi connectivity index (χ2n) is 4.81. The number of imidazole rings is 1. The van der Waals surface area contributed by atoms with E-state index in [1.54, 1.807) is 12.1 Å². The fraction of sp³-hybridized carbons (Fsp3) is 0. The Bertz CT molecular complexity index is 1040. The molecule has 4 rings (SSSR count). The number of aromatic amines is 2. The average Bonchev–Trinajstić information content (AvgIpc) is 3.08. The Kier molecular flexibility index (Phi) is 2.46. The van der Waals surface area contributed by atoms with Crippen molar-refractivity contribution in [2.75, 3.05) is 0 Å². The van der Waals surface area contributed by atoms with Crippen molar-refractivity contribution in [3.05, 3.63) is 52.3 Å². The van der Waals surface area contributed by atoms with Crippen molar-refractivity contribution in [2.24, 2.45) is 0 Å². The average molecular weight is 297 g/mol. The van der Waals surface area contributed by atoms with Crippen molar-refractivity contribution in [1.82, 2.24) is 20.2 Å². The van der Waals surface area contributed by atoms with Crippen LogP contribution < -0.4 is 0 Å². The van der Waals surface area contributed by atoms with Gasteiger partial charge in [0.2, 0.25) is 0 Å². The summed E-state index contributed by atoms with van der Waals surface area (Å²) in [4.78, 5) is 17.8. The molecule has 4 aromatic rings. The van der Waals surface area contributed by atoms with Gasteiger partial charge in [-0.1, -0.05) is 0 Å². The van der Waals surface area contributed by atoms with Crippen LogP contribution >= 0.6 is 0 Å². The summed E-state index contributed by atoms with van der Waals surface area (Å²) in [5.41, 5.74) is 2.22. The lowest BCUT2D eigenvalue weighted by atomic mass is 10.2. The molecule has 22 heavy (non-hydrogen) atoms. The van der Waals surface area contributed by atoms with E-state index in [0.717, 1.165) is 0 Å². The van der Waals surface area contributed by atoms with E-state index in [9.17, 15) is 14.5 Å². The summed E-state index contributed by atoms with van der Waals surface area (Å²) in [5.74, 6) is 0.0533. The number of H-pyrrole nitrogens is 2. The van der Waals surface area contributed by atoms with Crippen LogP contribution in [0, 0.1) is 15.9 Å². The van der Waals surface area contributed by atoms with Crippen LogP contribution in [0.5, 0.6) is 0 Å². The Morgan fingerprint density at radius 1 is 1.14 bits per heavy atom. The van der Waals surface area contributed by atoms with E-state index in [0.29, 0.717) is 33.5 Å². The van der Waals surface area contributed by atoms with E-state index >= 15 is 0 Å². The molecule has 0 bridgehead atoms. The first-order valence-electron chi connectivity index (χ1n) is 6.40. The number of aromatic nitrogens is 4. The van der Waals surface area contributed by atoms with Crippen LogP contribution in [-0.2, 0) is 0 Å². The molecule has 2 aromatic heterocycles. The van der Waals surface area contributed by atoms with Gasteiger partial charge < -0.3 is 4.98 Å². The van der Waals surface area contributed by atoms with Gasteiger partial charge in [-0.15, -0.1) is 0 Å². The molecule has 0 spiro atoms. The van der Waals surface area contributed by atoms with Crippen LogP contribution in [0.15, 0.2) is 36.4 Å². The SMILES string of the molecule is O=[N+]([O-])c1ccc2[nH]nc(-c3nc4ccc(F)cc4[nH]3)c2c1. The molecule has 108 valence electrons. The number of non-ortho nitro benzene ring substituents is 1. The number of nitro groups is 1. The van der Waals surface area contributed by atoms with Crippen LogP contribution in [0.25, 0.3) is 33.5 Å². The van der Waals surface area contributed by atoms with Gasteiger partial charge in [-0.2, -0.15) is 5.10 Å². The molecule has 0 aliphatic carbocycles. The third kappa shape index (κ3) is 1.81. The van der Waals surface area contributed by atoms with Crippen LogP contribution in [-0.4, -0.2) is 25.1 Å². The molecule has 0 unspecified atom stereocenters. The van der Waals surface area contributed by atoms with Crippen molar-refractivity contribution in [3.63, 3.8) is 0 Å². The largest absolute Gasteiger partial charge is 0.336 e. The molecule has 0 fully saturated rings. The first-order valence-corrected chi connectivity index (χ1v) is 6.40. The van der Waals surface area contributed by atoms with Crippen LogP contribution in [0.3, 0.4) is 0 Å². The first kappa shape index (κ1) is 12.5. The summed E-state index contributed by atoms with van der Waals surface area (Å²) in [5, 5.41) is 18.4. The van der Waals surface area contributed by atoms with Crippen molar-refractivity contribution in [1.29, 1.82) is 0 Å². The highest BCUT2D eigenvalue weighted by Gasteiger charge is 2.16. The maximum absolute atomic E-state index is 13.2. The number of rotatable bonds is 2. The monoisotopic (exact) mass is 297 g/mol. The van der Waals surface area contributed by atoms with E-state index in [2.05, 4.69) is 20.2 Å². The van der Waals surface area contributed by atoms with Crippen LogP contribution in [0.4, 0.5) is 10.1 Å². The Morgan fingerprint density at radius 2 is 2.00 bits per heavy atom. The molecule has 0 amide bonds. The summed E-state index contributed by atoms with van der Waals surface area (Å²) in [6, 6.07) is 8.64. The highest BCUT2D eigenvalue weighted by Crippen LogP contribution is 2.29. The number of benzene rings is 2. The third-order valence-electron chi connectivity index (χ3n) is 3.43. The highest BCUT2D eigenvalue weighted by atomic mass is 19.1. The van der Waals surface area contributed by atoms with E-state index in [4.69, 9.17) is 0 Å². The third-order valence-corrected chi connectivity index (χ3v) is 3.43. The van der Waals surface area contributed by atoms with E-state index < -0.39 is 4.92 Å². The predicted molar refractivity (Wildman–Crippen MR) is 77.8 cm³/mol. The van der Waals surface area contributed by atoms with Gasteiger partial charge in [0.05, 0.1) is 21.5 Å². The minimum absolute atomic E-state index is 0.0303. The van der Waals surface area contributed by atoms with Crippen LogP contribution in [0.2, 0.25) is 0 Å². The maximum Gasteiger partial charge on any atom is 0.270 e. The summed E-state index contributed by atoms with van der Waals surface area (Å²) >= 11 is 0. The fourth-order valence-electron chi connectivity index (χ4n) is 2.39. The lowest BCUT2D eigenvalue weighted by molar-refractivity contribution is -0.384. The summed E-state index contributed by atoms with van der Waals surface area (Å²) in [6.07, 6.45) is 0. The number of fused-ring (bicyclic) bond motifs is 2. The minimum atomic E-state index is -0.468. The van der Waals surface area contributed by atoms with Gasteiger partial charge in [0, 0.05) is 17.5 Å². The molecule has 2 N–H and O–H groups in total. The Hall–Kier alpha value is -3.29. The molecule has 0 radical (unpaired) electrons. The maximum atomic E-state index is 13.2. The Morgan fingerprint density at radius 3 is 2.82 bits per heavy atom. The van der Waals surface area contributed by atoms with Gasteiger partial charge in [-0.05, 0) is 24.3 Å². The molecule has 0 aliphatic heterocycles. The second-order valence-corrected chi connectivity index (χ2v) is 4.81. The van der Waals surface area contributed by atoms with Crippen molar-refractivity contribution < 1.29 is 9.31 Å². The van der Waals surface area contributed by atoms with Crippen molar-refractivity contribution in [2.45, 2.75) is 0 Å². The Labute approximate surface area is 121 Å². The summed E-state index contributed by atoms with van der Waals surface area (Å²) in [6.45, 7) is 0. The molecule has 2 heterocycles. The van der Waals surface area contributed by atoms with Gasteiger partial charge in [-0.25, -0.2) is 9.37 Å². The number of nitrogens with zero attached hydrogens (tertiary/aromatic N) is 3. The predicted octanol–water partition coefficient (Wildman–Crippen LogP) is 3.15. The molecule has 0 saturated heterocycles. The smallest absolute Gasteiger partial charge is 0.270 e. The van der Waals surface area contributed by atoms with E-state index in [1.807, 2.05) is 0 Å². The van der Waals surface area contributed by atoms with E-state index in [-0.39, 0.29) is 11.5 Å². The minimum Gasteiger partial charge on any atom is -0.336 e. The molecule has 2 aromatic carbocycles. The zero-order valence-electron chi connectivity index (χ0n) is 11.0. The molecule has 8 heteroatoms. The van der Waals surface area contributed by atoms with E-state index in [1.165, 1.54) is 24.3 Å². The number of nitro benzene ring substituents is 1. The second kappa shape index (κ2) is 4.35. The number of nitrogens with one attached hydrogen (secondary N) is 2. The zero-order valence-corrected chi connectivity index (χ0v) is 11.0. The highest BCUT2D eigenvalue weighted by molar-refractivity contribution is 5.94. The van der Waals surface area contributed by atoms with Gasteiger partial charge in [0.25, 0.3) is 5.69 Å². The quantitative estimate of drug-likeness (QED) is 0.438.